The molecule has 1 unspecified atom stereocenters. The Labute approximate surface area is 96.5 Å². The van der Waals surface area contributed by atoms with Crippen LogP contribution in [0.2, 0.25) is 0 Å². The molecule has 1 aliphatic heterocycles. The largest absolute Gasteiger partial charge is 0.307 e. The third-order valence-electron chi connectivity index (χ3n) is 3.23. The molecular formula is C13H19FN2. The number of likely N-dealkylation sites (N-methyl/N-ethyl adjacent to an activating group) is 1. The molecule has 3 heteroatoms. The first-order valence-corrected chi connectivity index (χ1v) is 5.78. The van der Waals surface area contributed by atoms with Crippen LogP contribution in [0, 0.1) is 5.82 Å². The van der Waals surface area contributed by atoms with Gasteiger partial charge in [-0.25, -0.2) is 4.39 Å². The van der Waals surface area contributed by atoms with E-state index in [1.54, 1.807) is 12.1 Å². The molecule has 2 nitrogen and oxygen atoms in total. The summed E-state index contributed by atoms with van der Waals surface area (Å²) in [5, 5.41) is 3.57. The van der Waals surface area contributed by atoms with Crippen molar-refractivity contribution >= 4 is 0 Å². The van der Waals surface area contributed by atoms with Gasteiger partial charge in [-0.3, -0.25) is 0 Å². The number of rotatable bonds is 3. The van der Waals surface area contributed by atoms with Crippen LogP contribution in [0.3, 0.4) is 0 Å². The lowest BCUT2D eigenvalue weighted by Crippen LogP contribution is -2.45. The molecule has 0 spiro atoms. The molecule has 1 aliphatic rings. The Morgan fingerprint density at radius 3 is 2.50 bits per heavy atom. The lowest BCUT2D eigenvalue weighted by molar-refractivity contribution is 0.260. The number of hydrogen-bond acceptors (Lipinski definition) is 2. The highest BCUT2D eigenvalue weighted by atomic mass is 19.1. The minimum absolute atomic E-state index is 0.0111. The third kappa shape index (κ3) is 2.25. The molecule has 1 N–H and O–H groups in total. The minimum atomic E-state index is -0.165. The Balaban J connectivity index is 2.28. The van der Waals surface area contributed by atoms with Crippen LogP contribution in [0.4, 0.5) is 4.39 Å². The van der Waals surface area contributed by atoms with Gasteiger partial charge < -0.3 is 10.2 Å². The van der Waals surface area contributed by atoms with Crippen molar-refractivity contribution in [2.75, 3.05) is 27.2 Å². The summed E-state index contributed by atoms with van der Waals surface area (Å²) in [4.78, 5) is 2.18. The maximum absolute atomic E-state index is 12.9. The van der Waals surface area contributed by atoms with E-state index >= 15 is 0 Å². The van der Waals surface area contributed by atoms with E-state index in [1.807, 2.05) is 12.1 Å². The summed E-state index contributed by atoms with van der Waals surface area (Å²) in [6.45, 7) is 2.00. The zero-order valence-electron chi connectivity index (χ0n) is 9.96. The summed E-state index contributed by atoms with van der Waals surface area (Å²) < 4.78 is 12.9. The van der Waals surface area contributed by atoms with Crippen molar-refractivity contribution < 1.29 is 4.39 Å². The molecule has 0 aromatic heterocycles. The predicted molar refractivity (Wildman–Crippen MR) is 63.9 cm³/mol. The normalized spacial score (nSPS) is 25.2. The molecule has 2 rings (SSSR count). The summed E-state index contributed by atoms with van der Waals surface area (Å²) in [5.74, 6) is -0.165. The SMILES string of the molecule is CN(C)CC1(c2ccc(F)cc2)CCCN1. The monoisotopic (exact) mass is 222 g/mol. The van der Waals surface area contributed by atoms with Crippen molar-refractivity contribution in [2.45, 2.75) is 18.4 Å². The van der Waals surface area contributed by atoms with Crippen LogP contribution in [-0.4, -0.2) is 32.1 Å². The quantitative estimate of drug-likeness (QED) is 0.841. The van der Waals surface area contributed by atoms with E-state index in [0.29, 0.717) is 0 Å². The van der Waals surface area contributed by atoms with E-state index < -0.39 is 0 Å². The second-order valence-corrected chi connectivity index (χ2v) is 4.86. The number of halogens is 1. The topological polar surface area (TPSA) is 15.3 Å². The van der Waals surface area contributed by atoms with Crippen LogP contribution in [0.5, 0.6) is 0 Å². The Bertz CT molecular complexity index is 339. The van der Waals surface area contributed by atoms with Gasteiger partial charge in [-0.15, -0.1) is 0 Å². The number of nitrogens with zero attached hydrogens (tertiary/aromatic N) is 1. The third-order valence-corrected chi connectivity index (χ3v) is 3.23. The zero-order valence-corrected chi connectivity index (χ0v) is 9.96. The second kappa shape index (κ2) is 4.52. The number of benzene rings is 1. The maximum atomic E-state index is 12.9. The van der Waals surface area contributed by atoms with Crippen LogP contribution in [-0.2, 0) is 5.54 Å². The van der Waals surface area contributed by atoms with Gasteiger partial charge in [0, 0.05) is 6.54 Å². The molecule has 1 saturated heterocycles. The van der Waals surface area contributed by atoms with Gasteiger partial charge in [0.15, 0.2) is 0 Å². The van der Waals surface area contributed by atoms with Crippen molar-refractivity contribution in [3.05, 3.63) is 35.6 Å². The Morgan fingerprint density at radius 2 is 2.00 bits per heavy atom. The molecule has 0 saturated carbocycles. The van der Waals surface area contributed by atoms with Crippen molar-refractivity contribution in [3.8, 4) is 0 Å². The maximum Gasteiger partial charge on any atom is 0.123 e. The smallest absolute Gasteiger partial charge is 0.123 e. The molecule has 1 aromatic rings. The van der Waals surface area contributed by atoms with E-state index in [0.717, 1.165) is 19.5 Å². The van der Waals surface area contributed by atoms with Crippen molar-refractivity contribution in [1.82, 2.24) is 10.2 Å². The molecule has 0 radical (unpaired) electrons. The van der Waals surface area contributed by atoms with E-state index in [9.17, 15) is 4.39 Å². The standard InChI is InChI=1S/C13H19FN2/c1-16(2)10-13(8-3-9-15-13)11-4-6-12(14)7-5-11/h4-7,15H,3,8-10H2,1-2H3. The second-order valence-electron chi connectivity index (χ2n) is 4.86. The summed E-state index contributed by atoms with van der Waals surface area (Å²) in [7, 11) is 4.15. The van der Waals surface area contributed by atoms with Crippen LogP contribution >= 0.6 is 0 Å². The number of nitrogens with one attached hydrogen (secondary N) is 1. The molecule has 1 fully saturated rings. The molecule has 1 atom stereocenters. The fraction of sp³-hybridized carbons (Fsp3) is 0.538. The van der Waals surface area contributed by atoms with E-state index in [4.69, 9.17) is 0 Å². The fourth-order valence-electron chi connectivity index (χ4n) is 2.59. The van der Waals surface area contributed by atoms with Gasteiger partial charge in [-0.2, -0.15) is 0 Å². The van der Waals surface area contributed by atoms with Gasteiger partial charge in [0.25, 0.3) is 0 Å². The zero-order chi connectivity index (χ0) is 11.6. The molecule has 0 aliphatic carbocycles. The van der Waals surface area contributed by atoms with Gasteiger partial charge in [0.2, 0.25) is 0 Å². The Hall–Kier alpha value is -0.930. The lowest BCUT2D eigenvalue weighted by atomic mass is 9.88. The van der Waals surface area contributed by atoms with E-state index in [-0.39, 0.29) is 11.4 Å². The van der Waals surface area contributed by atoms with Crippen molar-refractivity contribution in [1.29, 1.82) is 0 Å². The molecule has 1 heterocycles. The summed E-state index contributed by atoms with van der Waals surface area (Å²) in [5.41, 5.74) is 1.21. The van der Waals surface area contributed by atoms with Gasteiger partial charge in [-0.1, -0.05) is 12.1 Å². The highest BCUT2D eigenvalue weighted by Crippen LogP contribution is 2.31. The summed E-state index contributed by atoms with van der Waals surface area (Å²) in [6, 6.07) is 6.90. The van der Waals surface area contributed by atoms with Gasteiger partial charge in [0.1, 0.15) is 5.82 Å². The summed E-state index contributed by atoms with van der Waals surface area (Å²) in [6.07, 6.45) is 2.31. The van der Waals surface area contributed by atoms with Crippen molar-refractivity contribution in [3.63, 3.8) is 0 Å². The van der Waals surface area contributed by atoms with E-state index in [2.05, 4.69) is 24.3 Å². The van der Waals surface area contributed by atoms with Gasteiger partial charge >= 0.3 is 0 Å². The highest BCUT2D eigenvalue weighted by molar-refractivity contribution is 5.27. The highest BCUT2D eigenvalue weighted by Gasteiger charge is 2.35. The molecule has 88 valence electrons. The van der Waals surface area contributed by atoms with Crippen LogP contribution in [0.25, 0.3) is 0 Å². The average molecular weight is 222 g/mol. The number of hydrogen-bond donors (Lipinski definition) is 1. The first kappa shape index (κ1) is 11.6. The van der Waals surface area contributed by atoms with Crippen molar-refractivity contribution in [2.24, 2.45) is 0 Å². The molecule has 16 heavy (non-hydrogen) atoms. The Morgan fingerprint density at radius 1 is 1.31 bits per heavy atom. The van der Waals surface area contributed by atoms with Crippen LogP contribution in [0.1, 0.15) is 18.4 Å². The first-order valence-electron chi connectivity index (χ1n) is 5.78. The predicted octanol–water partition coefficient (Wildman–Crippen LogP) is 1.97. The van der Waals surface area contributed by atoms with Gasteiger partial charge in [-0.05, 0) is 51.2 Å². The minimum Gasteiger partial charge on any atom is -0.307 e. The van der Waals surface area contributed by atoms with E-state index in [1.165, 1.54) is 12.0 Å². The molecule has 1 aromatic carbocycles. The average Bonchev–Trinajstić information content (AvgIpc) is 2.67. The first-order chi connectivity index (χ1) is 7.62. The molecule has 0 amide bonds. The fourth-order valence-corrected chi connectivity index (χ4v) is 2.59. The molecular weight excluding hydrogens is 203 g/mol. The summed E-state index contributed by atoms with van der Waals surface area (Å²) >= 11 is 0. The van der Waals surface area contributed by atoms with Crippen LogP contribution in [0.15, 0.2) is 24.3 Å². The lowest BCUT2D eigenvalue weighted by Gasteiger charge is -2.33. The molecule has 0 bridgehead atoms. The van der Waals surface area contributed by atoms with Crippen LogP contribution < -0.4 is 5.32 Å². The van der Waals surface area contributed by atoms with Gasteiger partial charge in [0.05, 0.1) is 5.54 Å². The Kier molecular flexibility index (Phi) is 3.26.